The van der Waals surface area contributed by atoms with E-state index in [0.717, 1.165) is 17.1 Å². The predicted molar refractivity (Wildman–Crippen MR) is 87.2 cm³/mol. The monoisotopic (exact) mass is 303 g/mol. The third-order valence-corrected chi connectivity index (χ3v) is 3.48. The Morgan fingerprint density at radius 3 is 2.77 bits per heavy atom. The van der Waals surface area contributed by atoms with Gasteiger partial charge in [0.15, 0.2) is 0 Å². The first-order valence-electron chi connectivity index (χ1n) is 7.70. The van der Waals surface area contributed by atoms with Crippen molar-refractivity contribution in [1.29, 1.82) is 0 Å². The van der Waals surface area contributed by atoms with Crippen LogP contribution in [0, 0.1) is 6.92 Å². The maximum Gasteiger partial charge on any atom is 0.123 e. The number of aliphatic hydroxyl groups is 1. The molecule has 0 unspecified atom stereocenters. The maximum absolute atomic E-state index is 10.0. The lowest BCUT2D eigenvalue weighted by molar-refractivity contribution is 0.105. The van der Waals surface area contributed by atoms with Crippen LogP contribution in [0.2, 0.25) is 0 Å². The highest BCUT2D eigenvalue weighted by Crippen LogP contribution is 2.27. The molecule has 0 bridgehead atoms. The highest BCUT2D eigenvalue weighted by Gasteiger charge is 2.11. The first-order valence-corrected chi connectivity index (χ1v) is 7.70. The summed E-state index contributed by atoms with van der Waals surface area (Å²) in [5.74, 6) is 2.11. The van der Waals surface area contributed by atoms with Gasteiger partial charge in [-0.25, -0.2) is 0 Å². The van der Waals surface area contributed by atoms with Gasteiger partial charge in [-0.2, -0.15) is 0 Å². The lowest BCUT2D eigenvalue weighted by Gasteiger charge is -2.17. The largest absolute Gasteiger partial charge is 0.491 e. The molecule has 1 aromatic heterocycles. The standard InChI is InChI=1S/C18H25NO3/c1-13(2)17-7-6-14(3)9-18(17)22-12-15(20)10-19-11-16-5-4-8-21-16/h4-9,13,15,19-20H,10-12H2,1-3H3/t15-/m1/s1. The number of nitrogens with one attached hydrogen (secondary N) is 1. The lowest BCUT2D eigenvalue weighted by Crippen LogP contribution is -2.31. The smallest absolute Gasteiger partial charge is 0.123 e. The van der Waals surface area contributed by atoms with Crippen molar-refractivity contribution in [3.8, 4) is 5.75 Å². The van der Waals surface area contributed by atoms with Crippen LogP contribution < -0.4 is 10.1 Å². The first-order chi connectivity index (χ1) is 10.6. The minimum Gasteiger partial charge on any atom is -0.491 e. The van der Waals surface area contributed by atoms with E-state index in [1.54, 1.807) is 6.26 Å². The van der Waals surface area contributed by atoms with Gasteiger partial charge >= 0.3 is 0 Å². The molecule has 0 fully saturated rings. The van der Waals surface area contributed by atoms with Crippen molar-refractivity contribution >= 4 is 0 Å². The number of hydrogen-bond donors (Lipinski definition) is 2. The van der Waals surface area contributed by atoms with Gasteiger partial charge < -0.3 is 19.6 Å². The molecule has 0 aliphatic carbocycles. The highest BCUT2D eigenvalue weighted by atomic mass is 16.5. The molecule has 22 heavy (non-hydrogen) atoms. The number of hydrogen-bond acceptors (Lipinski definition) is 4. The summed E-state index contributed by atoms with van der Waals surface area (Å²) in [5.41, 5.74) is 2.33. The zero-order chi connectivity index (χ0) is 15.9. The minimum absolute atomic E-state index is 0.272. The third-order valence-electron chi connectivity index (χ3n) is 3.48. The van der Waals surface area contributed by atoms with Gasteiger partial charge in [-0.1, -0.05) is 26.0 Å². The van der Waals surface area contributed by atoms with Crippen LogP contribution in [0.1, 0.15) is 36.7 Å². The Bertz CT molecular complexity index is 564. The molecular formula is C18H25NO3. The van der Waals surface area contributed by atoms with E-state index >= 15 is 0 Å². The van der Waals surface area contributed by atoms with Gasteiger partial charge in [-0.3, -0.25) is 0 Å². The second-order valence-electron chi connectivity index (χ2n) is 5.87. The summed E-state index contributed by atoms with van der Waals surface area (Å²) < 4.78 is 11.0. The summed E-state index contributed by atoms with van der Waals surface area (Å²) in [7, 11) is 0. The molecule has 2 rings (SSSR count). The van der Waals surface area contributed by atoms with Crippen molar-refractivity contribution in [3.05, 3.63) is 53.5 Å². The number of rotatable bonds is 8. The van der Waals surface area contributed by atoms with E-state index in [2.05, 4.69) is 31.3 Å². The molecule has 0 aliphatic heterocycles. The molecule has 1 aromatic carbocycles. The normalized spacial score (nSPS) is 12.6. The number of ether oxygens (including phenoxy) is 1. The van der Waals surface area contributed by atoms with Crippen LogP contribution in [0.3, 0.4) is 0 Å². The summed E-state index contributed by atoms with van der Waals surface area (Å²) >= 11 is 0. The van der Waals surface area contributed by atoms with E-state index in [9.17, 15) is 5.11 Å². The quantitative estimate of drug-likeness (QED) is 0.786. The van der Waals surface area contributed by atoms with Gasteiger partial charge in [0.2, 0.25) is 0 Å². The van der Waals surface area contributed by atoms with Crippen LogP contribution in [0.4, 0.5) is 0 Å². The van der Waals surface area contributed by atoms with E-state index in [1.807, 2.05) is 25.1 Å². The summed E-state index contributed by atoms with van der Waals surface area (Å²) in [6.45, 7) is 7.65. The van der Waals surface area contributed by atoms with E-state index in [1.165, 1.54) is 5.56 Å². The van der Waals surface area contributed by atoms with Crippen molar-refractivity contribution in [2.24, 2.45) is 0 Å². The molecule has 120 valence electrons. The molecular weight excluding hydrogens is 278 g/mol. The first kappa shape index (κ1) is 16.6. The molecule has 0 radical (unpaired) electrons. The number of aryl methyl sites for hydroxylation is 1. The van der Waals surface area contributed by atoms with Crippen LogP contribution in [-0.4, -0.2) is 24.4 Å². The van der Waals surface area contributed by atoms with Gasteiger partial charge in [0.05, 0.1) is 12.8 Å². The summed E-state index contributed by atoms with van der Waals surface area (Å²) in [6, 6.07) is 9.96. The number of furan rings is 1. The second-order valence-corrected chi connectivity index (χ2v) is 5.87. The molecule has 0 amide bonds. The predicted octanol–water partition coefficient (Wildman–Crippen LogP) is 3.24. The van der Waals surface area contributed by atoms with E-state index in [4.69, 9.17) is 9.15 Å². The van der Waals surface area contributed by atoms with Gasteiger partial charge in [-0.05, 0) is 42.2 Å². The van der Waals surface area contributed by atoms with Crippen LogP contribution >= 0.6 is 0 Å². The number of benzene rings is 1. The Kier molecular flexibility index (Phi) is 6.04. The fourth-order valence-electron chi connectivity index (χ4n) is 2.26. The fraction of sp³-hybridized carbons (Fsp3) is 0.444. The van der Waals surface area contributed by atoms with Gasteiger partial charge in [0, 0.05) is 6.54 Å². The van der Waals surface area contributed by atoms with Crippen molar-refractivity contribution in [1.82, 2.24) is 5.32 Å². The van der Waals surface area contributed by atoms with Crippen molar-refractivity contribution in [2.75, 3.05) is 13.2 Å². The topological polar surface area (TPSA) is 54.6 Å². The Hall–Kier alpha value is -1.78. The fourth-order valence-corrected chi connectivity index (χ4v) is 2.26. The van der Waals surface area contributed by atoms with Crippen LogP contribution in [0.5, 0.6) is 5.75 Å². The molecule has 4 heteroatoms. The van der Waals surface area contributed by atoms with Crippen LogP contribution in [0.15, 0.2) is 41.0 Å². The van der Waals surface area contributed by atoms with E-state index in [0.29, 0.717) is 19.0 Å². The average Bonchev–Trinajstić information content (AvgIpc) is 2.98. The molecule has 2 N–H and O–H groups in total. The molecule has 0 saturated heterocycles. The molecule has 0 saturated carbocycles. The Balaban J connectivity index is 1.80. The number of aliphatic hydroxyl groups excluding tert-OH is 1. The van der Waals surface area contributed by atoms with Crippen molar-refractivity contribution in [3.63, 3.8) is 0 Å². The molecule has 0 aliphatic rings. The summed E-state index contributed by atoms with van der Waals surface area (Å²) in [4.78, 5) is 0. The SMILES string of the molecule is Cc1ccc(C(C)C)c(OC[C@H](O)CNCc2ccco2)c1. The van der Waals surface area contributed by atoms with Crippen LogP contribution in [0.25, 0.3) is 0 Å². The summed E-state index contributed by atoms with van der Waals surface area (Å²) in [6.07, 6.45) is 1.08. The Labute approximate surface area is 132 Å². The lowest BCUT2D eigenvalue weighted by atomic mass is 10.0. The zero-order valence-corrected chi connectivity index (χ0v) is 13.5. The van der Waals surface area contributed by atoms with Crippen molar-refractivity contribution < 1.29 is 14.3 Å². The highest BCUT2D eigenvalue weighted by molar-refractivity contribution is 5.39. The molecule has 1 heterocycles. The molecule has 1 atom stereocenters. The Morgan fingerprint density at radius 2 is 2.09 bits per heavy atom. The minimum atomic E-state index is -0.560. The zero-order valence-electron chi connectivity index (χ0n) is 13.5. The van der Waals surface area contributed by atoms with Gasteiger partial charge in [0.1, 0.15) is 24.2 Å². The van der Waals surface area contributed by atoms with Gasteiger partial charge in [0.25, 0.3) is 0 Å². The molecule has 2 aromatic rings. The van der Waals surface area contributed by atoms with E-state index < -0.39 is 6.10 Å². The third kappa shape index (κ3) is 4.90. The second kappa shape index (κ2) is 8.01. The average molecular weight is 303 g/mol. The van der Waals surface area contributed by atoms with Crippen molar-refractivity contribution in [2.45, 2.75) is 39.3 Å². The Morgan fingerprint density at radius 1 is 1.27 bits per heavy atom. The molecule has 4 nitrogen and oxygen atoms in total. The maximum atomic E-state index is 10.0. The molecule has 0 spiro atoms. The van der Waals surface area contributed by atoms with Gasteiger partial charge in [-0.15, -0.1) is 0 Å². The van der Waals surface area contributed by atoms with Crippen LogP contribution in [-0.2, 0) is 6.54 Å². The van der Waals surface area contributed by atoms with E-state index in [-0.39, 0.29) is 6.61 Å². The summed E-state index contributed by atoms with van der Waals surface area (Å²) in [5, 5.41) is 13.2.